The van der Waals surface area contributed by atoms with E-state index in [9.17, 15) is 9.90 Å². The summed E-state index contributed by atoms with van der Waals surface area (Å²) in [6.45, 7) is 0. The van der Waals surface area contributed by atoms with Gasteiger partial charge in [0.2, 0.25) is 0 Å². The number of nitrogens with two attached hydrogens (primary N) is 1. The van der Waals surface area contributed by atoms with Crippen LogP contribution in [-0.4, -0.2) is 23.2 Å². The topological polar surface area (TPSA) is 84.6 Å². The Balaban J connectivity index is 1.81. The minimum absolute atomic E-state index is 0.209. The molecule has 0 aromatic heterocycles. The van der Waals surface area contributed by atoms with Crippen molar-refractivity contribution >= 4 is 5.91 Å². The minimum Gasteiger partial charge on any atom is -0.381 e. The van der Waals surface area contributed by atoms with Crippen LogP contribution in [0.1, 0.15) is 32.1 Å². The third-order valence-electron chi connectivity index (χ3n) is 3.84. The Morgan fingerprint density at radius 3 is 2.55 bits per heavy atom. The molecule has 4 N–H and O–H groups in total. The average molecular weight is 278 g/mol. The fourth-order valence-electron chi connectivity index (χ4n) is 2.61. The standard InChI is InChI=1S/C15H22N2O3/c16-13(11-7-3-1-4-8-11)14(18)15(19)17-20-12-9-5-2-6-10-12/h2,5-6,9-11,13-14,18H,1,3-4,7-8,16H2,(H,17,19)/t13-,14?/m1/s1. The molecule has 1 fully saturated rings. The molecule has 110 valence electrons. The number of carbonyl (C=O) groups excluding carboxylic acids is 1. The number of hydroxylamine groups is 1. The average Bonchev–Trinajstić information content (AvgIpc) is 2.53. The van der Waals surface area contributed by atoms with Gasteiger partial charge >= 0.3 is 0 Å². The highest BCUT2D eigenvalue weighted by molar-refractivity contribution is 5.80. The molecule has 0 saturated heterocycles. The third kappa shape index (κ3) is 3.95. The van der Waals surface area contributed by atoms with Gasteiger partial charge < -0.3 is 15.7 Å². The summed E-state index contributed by atoms with van der Waals surface area (Å²) in [4.78, 5) is 16.9. The van der Waals surface area contributed by atoms with Crippen molar-refractivity contribution < 1.29 is 14.7 Å². The second-order valence-electron chi connectivity index (χ2n) is 5.30. The summed E-state index contributed by atoms with van der Waals surface area (Å²) in [7, 11) is 0. The molecule has 0 bridgehead atoms. The van der Waals surface area contributed by atoms with E-state index in [2.05, 4.69) is 5.48 Å². The first kappa shape index (κ1) is 14.8. The van der Waals surface area contributed by atoms with Gasteiger partial charge in [-0.05, 0) is 30.9 Å². The normalized spacial score (nSPS) is 19.1. The maximum atomic E-state index is 11.8. The van der Waals surface area contributed by atoms with E-state index >= 15 is 0 Å². The SMILES string of the molecule is N[C@H](C1CCCCC1)C(O)C(=O)NOc1ccccc1. The lowest BCUT2D eigenvalue weighted by molar-refractivity contribution is -0.138. The van der Waals surface area contributed by atoms with Gasteiger partial charge in [-0.15, -0.1) is 0 Å². The molecular formula is C15H22N2O3. The Bertz CT molecular complexity index is 418. The van der Waals surface area contributed by atoms with E-state index in [4.69, 9.17) is 10.6 Å². The minimum atomic E-state index is -1.23. The molecule has 1 saturated carbocycles. The number of amides is 1. The van der Waals surface area contributed by atoms with Crippen LogP contribution in [0.4, 0.5) is 0 Å². The van der Waals surface area contributed by atoms with Crippen LogP contribution in [0.15, 0.2) is 30.3 Å². The highest BCUT2D eigenvalue weighted by Gasteiger charge is 2.31. The molecule has 1 unspecified atom stereocenters. The van der Waals surface area contributed by atoms with Gasteiger partial charge in [-0.25, -0.2) is 0 Å². The lowest BCUT2D eigenvalue weighted by atomic mass is 9.82. The van der Waals surface area contributed by atoms with Crippen LogP contribution < -0.4 is 16.1 Å². The first-order valence-corrected chi connectivity index (χ1v) is 7.14. The summed E-state index contributed by atoms with van der Waals surface area (Å²) < 4.78 is 0. The molecule has 2 atom stereocenters. The molecule has 1 amide bonds. The molecule has 1 aliphatic rings. The number of carbonyl (C=O) groups is 1. The molecule has 0 heterocycles. The monoisotopic (exact) mass is 278 g/mol. The van der Waals surface area contributed by atoms with Crippen LogP contribution in [0.25, 0.3) is 0 Å². The van der Waals surface area contributed by atoms with E-state index in [1.165, 1.54) is 6.42 Å². The zero-order chi connectivity index (χ0) is 14.4. The number of rotatable bonds is 5. The maximum absolute atomic E-state index is 11.8. The fraction of sp³-hybridized carbons (Fsp3) is 0.533. The molecule has 1 aromatic carbocycles. The molecule has 5 heteroatoms. The van der Waals surface area contributed by atoms with Gasteiger partial charge in [-0.3, -0.25) is 4.79 Å². The lowest BCUT2D eigenvalue weighted by Crippen LogP contribution is -2.51. The second-order valence-corrected chi connectivity index (χ2v) is 5.30. The van der Waals surface area contributed by atoms with Gasteiger partial charge in [0.15, 0.2) is 11.9 Å². The Labute approximate surface area is 119 Å². The zero-order valence-electron chi connectivity index (χ0n) is 11.5. The number of benzene rings is 1. The molecule has 1 aliphatic carbocycles. The van der Waals surface area contributed by atoms with Crippen LogP contribution in [0, 0.1) is 5.92 Å². The van der Waals surface area contributed by atoms with Crippen molar-refractivity contribution in [3.8, 4) is 5.75 Å². The van der Waals surface area contributed by atoms with E-state index < -0.39 is 18.1 Å². The number of aliphatic hydroxyl groups is 1. The fourth-order valence-corrected chi connectivity index (χ4v) is 2.61. The quantitative estimate of drug-likeness (QED) is 0.710. The van der Waals surface area contributed by atoms with E-state index in [1.54, 1.807) is 24.3 Å². The van der Waals surface area contributed by atoms with Crippen molar-refractivity contribution in [1.29, 1.82) is 0 Å². The third-order valence-corrected chi connectivity index (χ3v) is 3.84. The zero-order valence-corrected chi connectivity index (χ0v) is 11.5. The summed E-state index contributed by atoms with van der Waals surface area (Å²) in [6.07, 6.45) is 4.17. The second kappa shape index (κ2) is 7.26. The predicted molar refractivity (Wildman–Crippen MR) is 75.8 cm³/mol. The van der Waals surface area contributed by atoms with Crippen molar-refractivity contribution in [2.24, 2.45) is 11.7 Å². The molecule has 5 nitrogen and oxygen atoms in total. The summed E-state index contributed by atoms with van der Waals surface area (Å²) in [5.41, 5.74) is 8.25. The van der Waals surface area contributed by atoms with Crippen molar-refractivity contribution in [3.05, 3.63) is 30.3 Å². The van der Waals surface area contributed by atoms with Gasteiger partial charge in [0, 0.05) is 6.04 Å². The predicted octanol–water partition coefficient (Wildman–Crippen LogP) is 1.37. The van der Waals surface area contributed by atoms with Gasteiger partial charge in [-0.1, -0.05) is 37.5 Å². The number of para-hydroxylation sites is 1. The van der Waals surface area contributed by atoms with Crippen LogP contribution >= 0.6 is 0 Å². The molecule has 20 heavy (non-hydrogen) atoms. The summed E-state index contributed by atoms with van der Waals surface area (Å²) >= 11 is 0. The highest BCUT2D eigenvalue weighted by Crippen LogP contribution is 2.26. The Morgan fingerprint density at radius 1 is 1.25 bits per heavy atom. The number of hydrogen-bond acceptors (Lipinski definition) is 4. The molecule has 0 spiro atoms. The molecule has 2 rings (SSSR count). The van der Waals surface area contributed by atoms with E-state index in [1.807, 2.05) is 6.07 Å². The van der Waals surface area contributed by atoms with E-state index in [-0.39, 0.29) is 5.92 Å². The number of aliphatic hydroxyl groups excluding tert-OH is 1. The first-order valence-electron chi connectivity index (χ1n) is 7.14. The largest absolute Gasteiger partial charge is 0.381 e. The van der Waals surface area contributed by atoms with E-state index in [0.29, 0.717) is 5.75 Å². The van der Waals surface area contributed by atoms with E-state index in [0.717, 1.165) is 25.7 Å². The van der Waals surface area contributed by atoms with Crippen LogP contribution in [-0.2, 0) is 4.79 Å². The smallest absolute Gasteiger partial charge is 0.283 e. The lowest BCUT2D eigenvalue weighted by Gasteiger charge is -2.29. The van der Waals surface area contributed by atoms with Crippen molar-refractivity contribution in [1.82, 2.24) is 5.48 Å². The highest BCUT2D eigenvalue weighted by atomic mass is 16.7. The number of hydrogen-bond donors (Lipinski definition) is 3. The Kier molecular flexibility index (Phi) is 5.38. The van der Waals surface area contributed by atoms with Gasteiger partial charge in [0.05, 0.1) is 0 Å². The van der Waals surface area contributed by atoms with Crippen molar-refractivity contribution in [3.63, 3.8) is 0 Å². The van der Waals surface area contributed by atoms with Gasteiger partial charge in [0.25, 0.3) is 5.91 Å². The Hall–Kier alpha value is -1.59. The van der Waals surface area contributed by atoms with Crippen molar-refractivity contribution in [2.75, 3.05) is 0 Å². The van der Waals surface area contributed by atoms with Gasteiger partial charge in [0.1, 0.15) is 0 Å². The molecular weight excluding hydrogens is 256 g/mol. The van der Waals surface area contributed by atoms with Crippen LogP contribution in [0.5, 0.6) is 5.75 Å². The summed E-state index contributed by atoms with van der Waals surface area (Å²) in [5.74, 6) is 0.132. The Morgan fingerprint density at radius 2 is 1.90 bits per heavy atom. The van der Waals surface area contributed by atoms with Crippen molar-refractivity contribution in [2.45, 2.75) is 44.2 Å². The molecule has 0 aliphatic heterocycles. The summed E-state index contributed by atoms with van der Waals surface area (Å²) in [5, 5.41) is 10.00. The van der Waals surface area contributed by atoms with Crippen LogP contribution in [0.3, 0.4) is 0 Å². The summed E-state index contributed by atoms with van der Waals surface area (Å²) in [6, 6.07) is 8.34. The number of nitrogens with one attached hydrogen (secondary N) is 1. The first-order chi connectivity index (χ1) is 9.68. The molecule has 0 radical (unpaired) electrons. The van der Waals surface area contributed by atoms with Gasteiger partial charge in [-0.2, -0.15) is 5.48 Å². The molecule has 1 aromatic rings. The van der Waals surface area contributed by atoms with Crippen LogP contribution in [0.2, 0.25) is 0 Å². The maximum Gasteiger partial charge on any atom is 0.283 e.